The maximum atomic E-state index is 4.73. The number of fused-ring (bicyclic) bond motifs is 3. The third-order valence-corrected chi connectivity index (χ3v) is 9.62. The molecule has 3 aromatic carbocycles. The summed E-state index contributed by atoms with van der Waals surface area (Å²) in [6, 6.07) is 25.5. The van der Waals surface area contributed by atoms with E-state index in [0.29, 0.717) is 0 Å². The predicted octanol–water partition coefficient (Wildman–Crippen LogP) is 11.9. The Bertz CT molecular complexity index is 1430. The largest absolute Gasteiger partial charge is 0.255 e. The van der Waals surface area contributed by atoms with E-state index >= 15 is 0 Å². The molecule has 0 saturated heterocycles. The van der Waals surface area contributed by atoms with Gasteiger partial charge in [-0.3, -0.25) is 4.98 Å². The Morgan fingerprint density at radius 2 is 1.23 bits per heavy atom. The zero-order valence-corrected chi connectivity index (χ0v) is 27.4. The Hall–Kier alpha value is -2.23. The lowest BCUT2D eigenvalue weighted by Gasteiger charge is -2.30. The maximum absolute atomic E-state index is 4.73. The van der Waals surface area contributed by atoms with E-state index in [9.17, 15) is 0 Å². The van der Waals surface area contributed by atoms with Gasteiger partial charge in [0.25, 0.3) is 0 Å². The van der Waals surface area contributed by atoms with Gasteiger partial charge in [0.2, 0.25) is 0 Å². The standard InChI is InChI=1S/C37H41Br2N/c1-4-6-8-10-12-26-20-27(13-11-9-7-5-2)22-29(21-26)37(3)34-23-28(36-19-16-31(39)25-40-36)14-17-32(34)33-18-15-30(38)24-35(33)37/h14-25H,4-13H2,1-3H3. The number of nitrogens with zero attached hydrogens (tertiary/aromatic N) is 1. The molecule has 1 nitrogen and oxygen atoms in total. The van der Waals surface area contributed by atoms with Crippen LogP contribution in [0.5, 0.6) is 0 Å². The monoisotopic (exact) mass is 657 g/mol. The number of rotatable bonds is 12. The molecule has 208 valence electrons. The van der Waals surface area contributed by atoms with Crippen LogP contribution in [-0.4, -0.2) is 4.98 Å². The lowest BCUT2D eigenvalue weighted by molar-refractivity contribution is 0.656. The van der Waals surface area contributed by atoms with Gasteiger partial charge in [-0.15, -0.1) is 0 Å². The van der Waals surface area contributed by atoms with Crippen molar-refractivity contribution < 1.29 is 0 Å². The Balaban J connectivity index is 1.63. The molecule has 0 spiro atoms. The molecule has 0 N–H and O–H groups in total. The highest BCUT2D eigenvalue weighted by atomic mass is 79.9. The van der Waals surface area contributed by atoms with E-state index in [1.54, 1.807) is 0 Å². The lowest BCUT2D eigenvalue weighted by Crippen LogP contribution is -2.23. The zero-order chi connectivity index (χ0) is 28.1. The number of aromatic nitrogens is 1. The van der Waals surface area contributed by atoms with Crippen molar-refractivity contribution >= 4 is 31.9 Å². The van der Waals surface area contributed by atoms with Gasteiger partial charge < -0.3 is 0 Å². The second-order valence-corrected chi connectivity index (χ2v) is 13.4. The Morgan fingerprint density at radius 3 is 1.82 bits per heavy atom. The number of pyridine rings is 1. The van der Waals surface area contributed by atoms with Crippen molar-refractivity contribution in [3.05, 3.63) is 110 Å². The van der Waals surface area contributed by atoms with Gasteiger partial charge >= 0.3 is 0 Å². The average Bonchev–Trinajstić information content (AvgIpc) is 3.21. The van der Waals surface area contributed by atoms with Crippen LogP contribution in [0, 0.1) is 0 Å². The van der Waals surface area contributed by atoms with Gasteiger partial charge in [0.05, 0.1) is 5.69 Å². The van der Waals surface area contributed by atoms with Crippen molar-refractivity contribution in [3.63, 3.8) is 0 Å². The van der Waals surface area contributed by atoms with Gasteiger partial charge in [-0.2, -0.15) is 0 Å². The molecular weight excluding hydrogens is 618 g/mol. The normalized spacial score (nSPS) is 15.7. The second kappa shape index (κ2) is 13.2. The molecule has 40 heavy (non-hydrogen) atoms. The molecule has 1 unspecified atom stereocenters. The van der Waals surface area contributed by atoms with Crippen LogP contribution in [-0.2, 0) is 18.3 Å². The van der Waals surface area contributed by atoms with Crippen LogP contribution < -0.4 is 0 Å². The molecule has 3 heteroatoms. The van der Waals surface area contributed by atoms with Crippen LogP contribution in [0.4, 0.5) is 0 Å². The van der Waals surface area contributed by atoms with Crippen LogP contribution in [0.25, 0.3) is 22.4 Å². The summed E-state index contributed by atoms with van der Waals surface area (Å²) in [6.45, 7) is 7.03. The van der Waals surface area contributed by atoms with Crippen LogP contribution >= 0.6 is 31.9 Å². The number of hydrogen-bond donors (Lipinski definition) is 0. The molecule has 0 amide bonds. The molecule has 1 heterocycles. The van der Waals surface area contributed by atoms with E-state index in [1.807, 2.05) is 6.20 Å². The van der Waals surface area contributed by atoms with Gasteiger partial charge in [-0.1, -0.05) is 105 Å². The minimum atomic E-state index is -0.239. The molecular formula is C37H41Br2N. The van der Waals surface area contributed by atoms with E-state index in [4.69, 9.17) is 4.98 Å². The summed E-state index contributed by atoms with van der Waals surface area (Å²) in [6.07, 6.45) is 14.6. The second-order valence-electron chi connectivity index (χ2n) is 11.6. The van der Waals surface area contributed by atoms with E-state index in [-0.39, 0.29) is 5.41 Å². The van der Waals surface area contributed by atoms with Gasteiger partial charge in [-0.05, 0) is 118 Å². The SMILES string of the molecule is CCCCCCc1cc(CCCCCC)cc(C2(C)c3cc(Br)ccc3-c3ccc(-c4ccc(Br)cn4)cc32)c1. The molecule has 0 aliphatic heterocycles. The van der Waals surface area contributed by atoms with Crippen LogP contribution in [0.1, 0.15) is 100.0 Å². The molecule has 1 atom stereocenters. The first-order valence-corrected chi connectivity index (χ1v) is 16.7. The predicted molar refractivity (Wildman–Crippen MR) is 178 cm³/mol. The van der Waals surface area contributed by atoms with E-state index in [2.05, 4.69) is 119 Å². The summed E-state index contributed by atoms with van der Waals surface area (Å²) in [5.74, 6) is 0. The molecule has 4 aromatic rings. The fourth-order valence-electron chi connectivity index (χ4n) is 6.37. The number of hydrogen-bond acceptors (Lipinski definition) is 1. The average molecular weight is 660 g/mol. The summed E-state index contributed by atoms with van der Waals surface area (Å²) in [7, 11) is 0. The fraction of sp³-hybridized carbons (Fsp3) is 0.378. The summed E-state index contributed by atoms with van der Waals surface area (Å²) in [5.41, 5.74) is 11.8. The van der Waals surface area contributed by atoms with Crippen molar-refractivity contribution in [1.29, 1.82) is 0 Å². The molecule has 5 rings (SSSR count). The number of aryl methyl sites for hydroxylation is 2. The molecule has 0 fully saturated rings. The first-order valence-electron chi connectivity index (χ1n) is 15.1. The summed E-state index contributed by atoms with van der Waals surface area (Å²) < 4.78 is 2.14. The highest BCUT2D eigenvalue weighted by molar-refractivity contribution is 9.10. The third-order valence-electron chi connectivity index (χ3n) is 8.66. The van der Waals surface area contributed by atoms with Crippen molar-refractivity contribution in [2.45, 2.75) is 90.4 Å². The van der Waals surface area contributed by atoms with Crippen LogP contribution in [0.15, 0.2) is 81.9 Å². The topological polar surface area (TPSA) is 12.9 Å². The Kier molecular flexibility index (Phi) is 9.64. The Labute approximate surface area is 258 Å². The van der Waals surface area contributed by atoms with Crippen molar-refractivity contribution in [2.24, 2.45) is 0 Å². The smallest absolute Gasteiger partial charge is 0.0702 e. The summed E-state index contributed by atoms with van der Waals surface area (Å²) in [5, 5.41) is 0. The van der Waals surface area contributed by atoms with Gasteiger partial charge in [-0.25, -0.2) is 0 Å². The quantitative estimate of drug-likeness (QED) is 0.138. The molecule has 0 saturated carbocycles. The molecule has 1 aliphatic carbocycles. The van der Waals surface area contributed by atoms with Crippen molar-refractivity contribution in [2.75, 3.05) is 0 Å². The van der Waals surface area contributed by atoms with Gasteiger partial charge in [0.15, 0.2) is 0 Å². The van der Waals surface area contributed by atoms with E-state index < -0.39 is 0 Å². The minimum Gasteiger partial charge on any atom is -0.255 e. The highest BCUT2D eigenvalue weighted by Gasteiger charge is 2.41. The third kappa shape index (κ3) is 6.16. The molecule has 0 bridgehead atoms. The first kappa shape index (κ1) is 29.3. The van der Waals surface area contributed by atoms with Crippen molar-refractivity contribution in [1.82, 2.24) is 4.98 Å². The van der Waals surface area contributed by atoms with E-state index in [1.165, 1.54) is 95.9 Å². The number of halogens is 2. The Morgan fingerprint density at radius 1 is 0.625 bits per heavy atom. The zero-order valence-electron chi connectivity index (χ0n) is 24.2. The van der Waals surface area contributed by atoms with Crippen LogP contribution in [0.3, 0.4) is 0 Å². The molecule has 1 aliphatic rings. The first-order chi connectivity index (χ1) is 19.4. The molecule has 0 radical (unpaired) electrons. The fourth-order valence-corrected chi connectivity index (χ4v) is 6.97. The summed E-state index contributed by atoms with van der Waals surface area (Å²) >= 11 is 7.35. The summed E-state index contributed by atoms with van der Waals surface area (Å²) in [4.78, 5) is 4.73. The molecule has 1 aromatic heterocycles. The van der Waals surface area contributed by atoms with Gasteiger partial charge in [0, 0.05) is 26.1 Å². The number of unbranched alkanes of at least 4 members (excludes halogenated alkanes) is 6. The number of benzene rings is 3. The lowest BCUT2D eigenvalue weighted by atomic mass is 9.72. The van der Waals surface area contributed by atoms with E-state index in [0.717, 1.165) is 27.5 Å². The minimum absolute atomic E-state index is 0.239. The van der Waals surface area contributed by atoms with Crippen LogP contribution in [0.2, 0.25) is 0 Å². The highest BCUT2D eigenvalue weighted by Crippen LogP contribution is 2.54. The van der Waals surface area contributed by atoms with Crippen molar-refractivity contribution in [3.8, 4) is 22.4 Å². The maximum Gasteiger partial charge on any atom is 0.0702 e. The van der Waals surface area contributed by atoms with Gasteiger partial charge in [0.1, 0.15) is 0 Å².